The molecule has 3 N–H and O–H groups in total. The first kappa shape index (κ1) is 23.4. The van der Waals surface area contributed by atoms with Gasteiger partial charge in [0.15, 0.2) is 5.60 Å². The molecule has 0 bridgehead atoms. The van der Waals surface area contributed by atoms with Crippen LogP contribution >= 0.6 is 0 Å². The van der Waals surface area contributed by atoms with Gasteiger partial charge >= 0.3 is 0 Å². The van der Waals surface area contributed by atoms with Crippen LogP contribution in [0.25, 0.3) is 0 Å². The Morgan fingerprint density at radius 1 is 1.08 bits per heavy atom. The average Bonchev–Trinajstić information content (AvgIpc) is 3.48. The van der Waals surface area contributed by atoms with Crippen LogP contribution in [0.2, 0.25) is 0 Å². The standard InChI is InChI=1S/C26H24F2N6O2/c1-3-34-15-29-25(32-34)31-23(35)16-12-13-21-22(14-16)33(2)24(30-21)26(36,17-8-4-6-10-19(17)27)18-9-5-7-11-20(18)28/h4-15,24,30,36H,3H2,1-2H3,(H,31,32,35). The summed E-state index contributed by atoms with van der Waals surface area (Å²) >= 11 is 0. The maximum atomic E-state index is 15.0. The predicted molar refractivity (Wildman–Crippen MR) is 132 cm³/mol. The van der Waals surface area contributed by atoms with Crippen LogP contribution in [-0.2, 0) is 12.1 Å². The van der Waals surface area contributed by atoms with E-state index < -0.39 is 29.3 Å². The quantitative estimate of drug-likeness (QED) is 0.379. The zero-order chi connectivity index (χ0) is 25.4. The van der Waals surface area contributed by atoms with Gasteiger partial charge in [0, 0.05) is 30.3 Å². The Morgan fingerprint density at radius 3 is 2.31 bits per heavy atom. The number of hydrogen-bond donors (Lipinski definition) is 3. The fourth-order valence-corrected chi connectivity index (χ4v) is 4.51. The summed E-state index contributed by atoms with van der Waals surface area (Å²) in [6, 6.07) is 16.4. The van der Waals surface area contributed by atoms with Gasteiger partial charge in [-0.3, -0.25) is 14.8 Å². The number of benzene rings is 3. The van der Waals surface area contributed by atoms with E-state index in [0.29, 0.717) is 23.5 Å². The first-order valence-corrected chi connectivity index (χ1v) is 11.4. The summed E-state index contributed by atoms with van der Waals surface area (Å²) in [7, 11) is 1.68. The van der Waals surface area contributed by atoms with E-state index in [1.54, 1.807) is 47.0 Å². The third-order valence-corrected chi connectivity index (χ3v) is 6.37. The van der Waals surface area contributed by atoms with Gasteiger partial charge in [-0.15, -0.1) is 5.10 Å². The number of carbonyl (C=O) groups is 1. The molecule has 1 aromatic heterocycles. The highest BCUT2D eigenvalue weighted by Crippen LogP contribution is 2.45. The van der Waals surface area contributed by atoms with E-state index in [0.717, 1.165) is 0 Å². The lowest BCUT2D eigenvalue weighted by atomic mass is 9.82. The summed E-state index contributed by atoms with van der Waals surface area (Å²) in [6.45, 7) is 2.52. The Balaban J connectivity index is 1.52. The third-order valence-electron chi connectivity index (χ3n) is 6.37. The predicted octanol–water partition coefficient (Wildman–Crippen LogP) is 3.95. The number of amides is 1. The molecule has 2 heterocycles. The molecule has 0 spiro atoms. The van der Waals surface area contributed by atoms with Gasteiger partial charge in [0.2, 0.25) is 5.95 Å². The van der Waals surface area contributed by atoms with Crippen LogP contribution in [0.5, 0.6) is 0 Å². The molecular weight excluding hydrogens is 466 g/mol. The number of nitrogens with zero attached hydrogens (tertiary/aromatic N) is 4. The van der Waals surface area contributed by atoms with Crippen molar-refractivity contribution in [1.29, 1.82) is 0 Å². The number of carbonyl (C=O) groups excluding carboxylic acids is 1. The fourth-order valence-electron chi connectivity index (χ4n) is 4.51. The van der Waals surface area contributed by atoms with Gasteiger partial charge in [-0.1, -0.05) is 36.4 Å². The molecule has 1 amide bonds. The smallest absolute Gasteiger partial charge is 0.258 e. The van der Waals surface area contributed by atoms with E-state index in [1.807, 2.05) is 6.92 Å². The number of hydrogen-bond acceptors (Lipinski definition) is 6. The minimum atomic E-state index is -2.11. The summed E-state index contributed by atoms with van der Waals surface area (Å²) in [4.78, 5) is 18.6. The Labute approximate surface area is 206 Å². The number of fused-ring (bicyclic) bond motifs is 1. The fraction of sp³-hybridized carbons (Fsp3) is 0.192. The Kier molecular flexibility index (Phi) is 5.89. The van der Waals surface area contributed by atoms with Gasteiger partial charge in [0.25, 0.3) is 5.91 Å². The second kappa shape index (κ2) is 9.04. The minimum absolute atomic E-state index is 0.0807. The number of aromatic nitrogens is 3. The average molecular weight is 491 g/mol. The van der Waals surface area contributed by atoms with Crippen molar-refractivity contribution in [3.05, 3.63) is 101 Å². The number of nitrogens with one attached hydrogen (secondary N) is 2. The molecule has 1 unspecified atom stereocenters. The molecule has 5 rings (SSSR count). The van der Waals surface area contributed by atoms with Gasteiger partial charge in [-0.2, -0.15) is 0 Å². The second-order valence-corrected chi connectivity index (χ2v) is 8.49. The summed E-state index contributed by atoms with van der Waals surface area (Å²) in [5.41, 5.74) is -0.768. The van der Waals surface area contributed by atoms with Crippen molar-refractivity contribution < 1.29 is 18.7 Å². The maximum Gasteiger partial charge on any atom is 0.258 e. The molecule has 1 aliphatic rings. The van der Waals surface area contributed by atoms with Gasteiger partial charge in [0.05, 0.1) is 11.4 Å². The van der Waals surface area contributed by atoms with Crippen LogP contribution in [0.3, 0.4) is 0 Å². The summed E-state index contributed by atoms with van der Waals surface area (Å²) < 4.78 is 31.6. The Hall–Kier alpha value is -4.31. The van der Waals surface area contributed by atoms with E-state index in [4.69, 9.17) is 0 Å². The van der Waals surface area contributed by atoms with Gasteiger partial charge in [0.1, 0.15) is 24.1 Å². The lowest BCUT2D eigenvalue weighted by Crippen LogP contribution is -2.52. The first-order valence-electron chi connectivity index (χ1n) is 11.4. The topological polar surface area (TPSA) is 95.3 Å². The molecule has 8 nitrogen and oxygen atoms in total. The molecule has 10 heteroatoms. The molecule has 184 valence electrons. The van der Waals surface area contributed by atoms with Crippen molar-refractivity contribution in [2.24, 2.45) is 0 Å². The van der Waals surface area contributed by atoms with E-state index in [9.17, 15) is 9.90 Å². The Bertz CT molecular complexity index is 1390. The van der Waals surface area contributed by atoms with E-state index >= 15 is 8.78 Å². The van der Waals surface area contributed by atoms with E-state index in [-0.39, 0.29) is 17.1 Å². The molecular formula is C26H24F2N6O2. The lowest BCUT2D eigenvalue weighted by molar-refractivity contribution is 0.0537. The molecule has 1 atom stereocenters. The molecule has 0 fully saturated rings. The molecule has 0 aliphatic carbocycles. The largest absolute Gasteiger partial charge is 0.376 e. The van der Waals surface area contributed by atoms with Crippen molar-refractivity contribution in [2.75, 3.05) is 22.6 Å². The highest BCUT2D eigenvalue weighted by atomic mass is 19.1. The number of aliphatic hydroxyl groups is 1. The van der Waals surface area contributed by atoms with Gasteiger partial charge in [-0.05, 0) is 37.3 Å². The normalized spacial score (nSPS) is 14.9. The molecule has 0 saturated carbocycles. The maximum absolute atomic E-state index is 15.0. The van der Waals surface area contributed by atoms with Gasteiger partial charge in [-0.25, -0.2) is 13.8 Å². The molecule has 3 aromatic carbocycles. The van der Waals surface area contributed by atoms with E-state index in [2.05, 4.69) is 20.7 Å². The van der Waals surface area contributed by atoms with Crippen molar-refractivity contribution >= 4 is 23.2 Å². The van der Waals surface area contributed by atoms with Crippen molar-refractivity contribution in [2.45, 2.75) is 25.2 Å². The molecule has 36 heavy (non-hydrogen) atoms. The molecule has 1 aliphatic heterocycles. The highest BCUT2D eigenvalue weighted by Gasteiger charge is 2.49. The number of anilines is 3. The van der Waals surface area contributed by atoms with Crippen molar-refractivity contribution in [3.8, 4) is 0 Å². The number of likely N-dealkylation sites (N-methyl/N-ethyl adjacent to an activating group) is 1. The minimum Gasteiger partial charge on any atom is -0.376 e. The number of halogens is 2. The summed E-state index contributed by atoms with van der Waals surface area (Å²) in [5.74, 6) is -1.58. The van der Waals surface area contributed by atoms with Crippen LogP contribution < -0.4 is 15.5 Å². The van der Waals surface area contributed by atoms with Crippen LogP contribution in [0, 0.1) is 11.6 Å². The monoisotopic (exact) mass is 490 g/mol. The number of aryl methyl sites for hydroxylation is 1. The summed E-state index contributed by atoms with van der Waals surface area (Å²) in [5, 5.41) is 22.1. The molecule has 0 radical (unpaired) electrons. The van der Waals surface area contributed by atoms with Crippen molar-refractivity contribution in [1.82, 2.24) is 14.8 Å². The highest BCUT2D eigenvalue weighted by molar-refractivity contribution is 6.04. The van der Waals surface area contributed by atoms with Gasteiger partial charge < -0.3 is 15.3 Å². The molecule has 4 aromatic rings. The van der Waals surface area contributed by atoms with Crippen LogP contribution in [0.15, 0.2) is 73.1 Å². The third kappa shape index (κ3) is 3.85. The zero-order valence-electron chi connectivity index (χ0n) is 19.6. The molecule has 0 saturated heterocycles. The zero-order valence-corrected chi connectivity index (χ0v) is 19.6. The first-order chi connectivity index (χ1) is 17.3. The second-order valence-electron chi connectivity index (χ2n) is 8.49. The van der Waals surface area contributed by atoms with Crippen LogP contribution in [0.4, 0.5) is 26.1 Å². The lowest BCUT2D eigenvalue weighted by Gasteiger charge is -2.39. The number of rotatable bonds is 6. The van der Waals surface area contributed by atoms with E-state index in [1.165, 1.54) is 42.7 Å². The van der Waals surface area contributed by atoms with Crippen LogP contribution in [-0.4, -0.2) is 39.0 Å². The van der Waals surface area contributed by atoms with Crippen LogP contribution in [0.1, 0.15) is 28.4 Å². The summed E-state index contributed by atoms with van der Waals surface area (Å²) in [6.07, 6.45) is 0.536. The SMILES string of the molecule is CCn1cnc(NC(=O)c2ccc3c(c2)N(C)C(C(O)(c2ccccc2F)c2ccccc2F)N3)n1. The van der Waals surface area contributed by atoms with Crippen molar-refractivity contribution in [3.63, 3.8) is 0 Å². The Morgan fingerprint density at radius 2 is 1.72 bits per heavy atom.